The van der Waals surface area contributed by atoms with Gasteiger partial charge < -0.3 is 14.6 Å². The Labute approximate surface area is 93.1 Å². The highest BCUT2D eigenvalue weighted by Gasteiger charge is 2.09. The van der Waals surface area contributed by atoms with Crippen molar-refractivity contribution in [3.05, 3.63) is 11.8 Å². The van der Waals surface area contributed by atoms with Gasteiger partial charge in [-0.05, 0) is 32.8 Å². The van der Waals surface area contributed by atoms with Crippen LogP contribution in [0.2, 0.25) is 0 Å². The van der Waals surface area contributed by atoms with Crippen LogP contribution in [0, 0.1) is 5.92 Å². The summed E-state index contributed by atoms with van der Waals surface area (Å²) in [6.45, 7) is 8.50. The van der Waals surface area contributed by atoms with Gasteiger partial charge in [0.25, 0.3) is 0 Å². The van der Waals surface area contributed by atoms with Gasteiger partial charge in [0.15, 0.2) is 0 Å². The zero-order chi connectivity index (χ0) is 11.8. The Balaban J connectivity index is 4.24. The van der Waals surface area contributed by atoms with E-state index in [4.69, 9.17) is 9.47 Å². The van der Waals surface area contributed by atoms with E-state index in [9.17, 15) is 5.11 Å². The van der Waals surface area contributed by atoms with Crippen LogP contribution in [0.3, 0.4) is 0 Å². The number of methoxy groups -OCH3 is 1. The lowest BCUT2D eigenvalue weighted by Gasteiger charge is -2.18. The first kappa shape index (κ1) is 14.5. The maximum atomic E-state index is 9.29. The summed E-state index contributed by atoms with van der Waals surface area (Å²) in [7, 11) is 1.69. The number of aliphatic hydroxyl groups excluding tert-OH is 1. The van der Waals surface area contributed by atoms with Gasteiger partial charge in [-0.25, -0.2) is 0 Å². The first-order valence-corrected chi connectivity index (χ1v) is 5.50. The molecular formula is C12H24O3. The van der Waals surface area contributed by atoms with E-state index in [0.29, 0.717) is 12.5 Å². The Kier molecular flexibility index (Phi) is 7.44. The summed E-state index contributed by atoms with van der Waals surface area (Å²) in [6.07, 6.45) is 2.24. The predicted molar refractivity (Wildman–Crippen MR) is 61.6 cm³/mol. The van der Waals surface area contributed by atoms with Crippen LogP contribution in [0.25, 0.3) is 0 Å². The molecule has 0 aliphatic heterocycles. The molecule has 0 aromatic heterocycles. The summed E-state index contributed by atoms with van der Waals surface area (Å²) in [4.78, 5) is 0. The molecule has 0 radical (unpaired) electrons. The van der Waals surface area contributed by atoms with E-state index in [1.807, 2.05) is 13.8 Å². The third kappa shape index (κ3) is 8.45. The monoisotopic (exact) mass is 216 g/mol. The Bertz CT molecular complexity index is 185. The lowest BCUT2D eigenvalue weighted by atomic mass is 10.1. The van der Waals surface area contributed by atoms with Gasteiger partial charge in [-0.15, -0.1) is 0 Å². The van der Waals surface area contributed by atoms with Crippen molar-refractivity contribution in [2.75, 3.05) is 13.7 Å². The summed E-state index contributed by atoms with van der Waals surface area (Å²) < 4.78 is 10.7. The minimum absolute atomic E-state index is 0.143. The zero-order valence-electron chi connectivity index (χ0n) is 10.5. The van der Waals surface area contributed by atoms with Gasteiger partial charge in [0.05, 0.1) is 18.0 Å². The zero-order valence-corrected chi connectivity index (χ0v) is 10.5. The SMILES string of the molecule is COCC(C)C/C(=C\[C@@H](C)O)OC(C)C. The van der Waals surface area contributed by atoms with Crippen LogP contribution in [0.4, 0.5) is 0 Å². The molecule has 0 aromatic carbocycles. The number of aliphatic hydroxyl groups is 1. The molecule has 15 heavy (non-hydrogen) atoms. The van der Waals surface area contributed by atoms with Crippen LogP contribution in [0.5, 0.6) is 0 Å². The molecule has 0 rings (SSSR count). The standard InChI is InChI=1S/C12H24O3/c1-9(2)15-12(7-11(4)13)6-10(3)8-14-5/h7,9-11,13H,6,8H2,1-5H3/b12-7+/t10?,11-/m1/s1. The highest BCUT2D eigenvalue weighted by Crippen LogP contribution is 2.15. The molecule has 0 aliphatic rings. The van der Waals surface area contributed by atoms with Gasteiger partial charge in [-0.3, -0.25) is 0 Å². The first-order valence-electron chi connectivity index (χ1n) is 5.50. The summed E-state index contributed by atoms with van der Waals surface area (Å²) in [6, 6.07) is 0. The molecule has 3 heteroatoms. The fourth-order valence-corrected chi connectivity index (χ4v) is 1.41. The van der Waals surface area contributed by atoms with Gasteiger partial charge in [-0.2, -0.15) is 0 Å². The van der Waals surface area contributed by atoms with E-state index in [1.165, 1.54) is 0 Å². The quantitative estimate of drug-likeness (QED) is 0.664. The highest BCUT2D eigenvalue weighted by atomic mass is 16.5. The van der Waals surface area contributed by atoms with Gasteiger partial charge in [0.2, 0.25) is 0 Å². The van der Waals surface area contributed by atoms with Crippen LogP contribution in [0.15, 0.2) is 11.8 Å². The van der Waals surface area contributed by atoms with Crippen molar-refractivity contribution in [2.24, 2.45) is 5.92 Å². The number of hydrogen-bond acceptors (Lipinski definition) is 3. The van der Waals surface area contributed by atoms with Crippen LogP contribution < -0.4 is 0 Å². The number of allylic oxidation sites excluding steroid dienone is 1. The normalized spacial score (nSPS) is 16.6. The van der Waals surface area contributed by atoms with Crippen molar-refractivity contribution in [3.8, 4) is 0 Å². The van der Waals surface area contributed by atoms with Crippen LogP contribution in [0.1, 0.15) is 34.1 Å². The van der Waals surface area contributed by atoms with Crippen molar-refractivity contribution in [2.45, 2.75) is 46.3 Å². The summed E-state index contributed by atoms with van der Waals surface area (Å²) in [5.74, 6) is 1.25. The maximum absolute atomic E-state index is 9.29. The highest BCUT2D eigenvalue weighted by molar-refractivity contribution is 4.98. The van der Waals surface area contributed by atoms with Gasteiger partial charge in [0.1, 0.15) is 0 Å². The molecule has 0 saturated carbocycles. The molecule has 1 N–H and O–H groups in total. The van der Waals surface area contributed by atoms with Crippen molar-refractivity contribution in [3.63, 3.8) is 0 Å². The Morgan fingerprint density at radius 1 is 1.27 bits per heavy atom. The molecule has 0 amide bonds. The van der Waals surface area contributed by atoms with E-state index >= 15 is 0 Å². The largest absolute Gasteiger partial charge is 0.496 e. The summed E-state index contributed by atoms with van der Waals surface area (Å²) in [5, 5.41) is 9.29. The van der Waals surface area contributed by atoms with Gasteiger partial charge in [-0.1, -0.05) is 6.92 Å². The molecule has 0 fully saturated rings. The third-order valence-electron chi connectivity index (χ3n) is 1.82. The second kappa shape index (κ2) is 7.71. The van der Waals surface area contributed by atoms with Crippen molar-refractivity contribution in [1.29, 1.82) is 0 Å². The Morgan fingerprint density at radius 2 is 1.87 bits per heavy atom. The van der Waals surface area contributed by atoms with E-state index < -0.39 is 6.10 Å². The summed E-state index contributed by atoms with van der Waals surface area (Å²) >= 11 is 0. The van der Waals surface area contributed by atoms with Crippen molar-refractivity contribution < 1.29 is 14.6 Å². The molecule has 0 bridgehead atoms. The predicted octanol–water partition coefficient (Wildman–Crippen LogP) is 2.35. The molecule has 0 saturated heterocycles. The fraction of sp³-hybridized carbons (Fsp3) is 0.833. The first-order chi connectivity index (χ1) is 6.95. The Hall–Kier alpha value is -0.540. The summed E-state index contributed by atoms with van der Waals surface area (Å²) in [5.41, 5.74) is 0. The molecule has 0 aromatic rings. The number of hydrogen-bond donors (Lipinski definition) is 1. The molecule has 0 heterocycles. The molecule has 2 atom stereocenters. The second-order valence-corrected chi connectivity index (χ2v) is 4.30. The Morgan fingerprint density at radius 3 is 2.27 bits per heavy atom. The van der Waals surface area contributed by atoms with Gasteiger partial charge >= 0.3 is 0 Å². The molecule has 0 spiro atoms. The topological polar surface area (TPSA) is 38.7 Å². The molecular weight excluding hydrogens is 192 g/mol. The lowest BCUT2D eigenvalue weighted by Crippen LogP contribution is -2.11. The fourth-order valence-electron chi connectivity index (χ4n) is 1.41. The minimum Gasteiger partial charge on any atom is -0.496 e. The van der Waals surface area contributed by atoms with Crippen molar-refractivity contribution >= 4 is 0 Å². The van der Waals surface area contributed by atoms with Crippen molar-refractivity contribution in [1.82, 2.24) is 0 Å². The average molecular weight is 216 g/mol. The number of ether oxygens (including phenoxy) is 2. The van der Waals surface area contributed by atoms with Crippen LogP contribution >= 0.6 is 0 Å². The lowest BCUT2D eigenvalue weighted by molar-refractivity contribution is 0.108. The van der Waals surface area contributed by atoms with E-state index in [2.05, 4.69) is 6.92 Å². The minimum atomic E-state index is -0.464. The third-order valence-corrected chi connectivity index (χ3v) is 1.82. The van der Waals surface area contributed by atoms with E-state index in [-0.39, 0.29) is 6.10 Å². The van der Waals surface area contributed by atoms with E-state index in [1.54, 1.807) is 20.1 Å². The molecule has 90 valence electrons. The van der Waals surface area contributed by atoms with Crippen LogP contribution in [-0.4, -0.2) is 31.0 Å². The molecule has 3 nitrogen and oxygen atoms in total. The molecule has 0 aliphatic carbocycles. The average Bonchev–Trinajstić information content (AvgIpc) is 2.00. The maximum Gasteiger partial charge on any atom is 0.0953 e. The second-order valence-electron chi connectivity index (χ2n) is 4.30. The molecule has 1 unspecified atom stereocenters. The van der Waals surface area contributed by atoms with E-state index in [0.717, 1.165) is 12.2 Å². The number of rotatable bonds is 7. The van der Waals surface area contributed by atoms with Crippen LogP contribution in [-0.2, 0) is 9.47 Å². The van der Waals surface area contributed by atoms with Gasteiger partial charge in [0, 0.05) is 20.1 Å². The smallest absolute Gasteiger partial charge is 0.0953 e.